The molecule has 0 atom stereocenters. The summed E-state index contributed by atoms with van der Waals surface area (Å²) in [7, 11) is 0. The molecule has 0 saturated heterocycles. The van der Waals surface area contributed by atoms with Gasteiger partial charge in [-0.15, -0.1) is 16.8 Å². The van der Waals surface area contributed by atoms with Crippen LogP contribution in [-0.2, 0) is 20.4 Å². The molecule has 1 radical (unpaired) electrons. The van der Waals surface area contributed by atoms with Gasteiger partial charge in [-0.1, -0.05) is 26.0 Å². The maximum Gasteiger partial charge on any atom is 0 e. The van der Waals surface area contributed by atoms with E-state index in [4.69, 9.17) is 0 Å². The maximum atomic E-state index is 3.08. The molecule has 0 unspecified atom stereocenters. The topological polar surface area (TPSA) is 0 Å². The SMILES string of the molecule is CC(C)c1ccc2c[c-]ccc2c1.[Re]. The molecule has 0 spiro atoms. The Balaban J connectivity index is 0.000000980. The molecule has 0 aliphatic rings. The summed E-state index contributed by atoms with van der Waals surface area (Å²) in [6.07, 6.45) is 0. The zero-order valence-corrected chi connectivity index (χ0v) is 11.1. The molecule has 0 fully saturated rings. The summed E-state index contributed by atoms with van der Waals surface area (Å²) < 4.78 is 0. The van der Waals surface area contributed by atoms with Crippen LogP contribution in [0.3, 0.4) is 0 Å². The Morgan fingerprint density at radius 3 is 2.57 bits per heavy atom. The minimum atomic E-state index is 0. The zero-order chi connectivity index (χ0) is 9.26. The van der Waals surface area contributed by atoms with E-state index < -0.39 is 0 Å². The van der Waals surface area contributed by atoms with Crippen LogP contribution >= 0.6 is 0 Å². The van der Waals surface area contributed by atoms with Crippen LogP contribution in [0.5, 0.6) is 0 Å². The van der Waals surface area contributed by atoms with Crippen molar-refractivity contribution in [2.75, 3.05) is 0 Å². The third-order valence-electron chi connectivity index (χ3n) is 2.38. The number of fused-ring (bicyclic) bond motifs is 1. The average molecular weight is 355 g/mol. The summed E-state index contributed by atoms with van der Waals surface area (Å²) in [5.74, 6) is 0.605. The van der Waals surface area contributed by atoms with Gasteiger partial charge in [0.25, 0.3) is 0 Å². The fourth-order valence-corrected chi connectivity index (χ4v) is 1.50. The van der Waals surface area contributed by atoms with E-state index in [1.807, 2.05) is 12.1 Å². The molecule has 73 valence electrons. The van der Waals surface area contributed by atoms with E-state index in [-0.39, 0.29) is 20.4 Å². The first-order valence-corrected chi connectivity index (χ1v) is 4.67. The minimum Gasteiger partial charge on any atom is -0.183 e. The molecule has 0 amide bonds. The van der Waals surface area contributed by atoms with Crippen molar-refractivity contribution in [2.24, 2.45) is 0 Å². The standard InChI is InChI=1S/C13H13.Re/c1-10(2)12-8-7-11-5-3-4-6-13(11)9-12;/h4-10H,1-2H3;/q-1;. The second kappa shape index (κ2) is 4.73. The molecule has 1 heteroatoms. The predicted octanol–water partition coefficient (Wildman–Crippen LogP) is 3.76. The van der Waals surface area contributed by atoms with Gasteiger partial charge in [-0.2, -0.15) is 24.3 Å². The Bertz CT molecular complexity index is 418. The van der Waals surface area contributed by atoms with Crippen LogP contribution in [-0.4, -0.2) is 0 Å². The Kier molecular flexibility index (Phi) is 3.87. The monoisotopic (exact) mass is 356 g/mol. The van der Waals surface area contributed by atoms with Gasteiger partial charge in [0.2, 0.25) is 0 Å². The molecule has 0 aliphatic carbocycles. The van der Waals surface area contributed by atoms with Crippen LogP contribution < -0.4 is 0 Å². The second-order valence-corrected chi connectivity index (χ2v) is 3.69. The molecule has 2 aromatic carbocycles. The molecule has 2 aromatic rings. The molecule has 0 heterocycles. The van der Waals surface area contributed by atoms with Crippen LogP contribution in [0.15, 0.2) is 36.4 Å². The molecule has 2 rings (SSSR count). The largest absolute Gasteiger partial charge is 0.183 e. The fourth-order valence-electron chi connectivity index (χ4n) is 1.50. The van der Waals surface area contributed by atoms with E-state index in [1.54, 1.807) is 0 Å². The summed E-state index contributed by atoms with van der Waals surface area (Å²) in [5.41, 5.74) is 1.40. The van der Waals surface area contributed by atoms with E-state index in [0.717, 1.165) is 0 Å². The van der Waals surface area contributed by atoms with Gasteiger partial charge in [-0.05, 0) is 11.5 Å². The molecule has 0 aromatic heterocycles. The molecule has 0 N–H and O–H groups in total. The van der Waals surface area contributed by atoms with Crippen LogP contribution in [0.1, 0.15) is 25.3 Å². The molecule has 0 nitrogen and oxygen atoms in total. The van der Waals surface area contributed by atoms with Gasteiger partial charge < -0.3 is 0 Å². The molecule has 0 saturated carbocycles. The summed E-state index contributed by atoms with van der Waals surface area (Å²) >= 11 is 0. The maximum absolute atomic E-state index is 3.08. The smallest absolute Gasteiger partial charge is 0 e. The van der Waals surface area contributed by atoms with Gasteiger partial charge in [-0.3, -0.25) is 0 Å². The molecule has 0 aliphatic heterocycles. The van der Waals surface area contributed by atoms with Gasteiger partial charge in [-0.25, -0.2) is 0 Å². The van der Waals surface area contributed by atoms with Gasteiger partial charge >= 0.3 is 0 Å². The second-order valence-electron chi connectivity index (χ2n) is 3.69. The number of hydrogen-bond acceptors (Lipinski definition) is 0. The molecule has 14 heavy (non-hydrogen) atoms. The van der Waals surface area contributed by atoms with E-state index in [9.17, 15) is 0 Å². The van der Waals surface area contributed by atoms with Crippen LogP contribution in [0.4, 0.5) is 0 Å². The fraction of sp³-hybridized carbons (Fsp3) is 0.231. The van der Waals surface area contributed by atoms with Crippen molar-refractivity contribution in [3.8, 4) is 0 Å². The van der Waals surface area contributed by atoms with Crippen molar-refractivity contribution in [3.05, 3.63) is 48.0 Å². The first-order chi connectivity index (χ1) is 6.27. The third-order valence-corrected chi connectivity index (χ3v) is 2.38. The van der Waals surface area contributed by atoms with Crippen LogP contribution in [0.2, 0.25) is 0 Å². The van der Waals surface area contributed by atoms with Crippen molar-refractivity contribution in [1.29, 1.82) is 0 Å². The number of rotatable bonds is 1. The Morgan fingerprint density at radius 1 is 1.07 bits per heavy atom. The zero-order valence-electron chi connectivity index (χ0n) is 8.42. The van der Waals surface area contributed by atoms with Crippen molar-refractivity contribution in [2.45, 2.75) is 19.8 Å². The predicted molar refractivity (Wildman–Crippen MR) is 56.9 cm³/mol. The summed E-state index contributed by atoms with van der Waals surface area (Å²) in [5, 5.41) is 2.58. The molecular weight excluding hydrogens is 342 g/mol. The molecule has 0 bridgehead atoms. The van der Waals surface area contributed by atoms with Crippen molar-refractivity contribution in [3.63, 3.8) is 0 Å². The van der Waals surface area contributed by atoms with E-state index in [2.05, 4.69) is 44.2 Å². The first-order valence-electron chi connectivity index (χ1n) is 4.67. The first kappa shape index (κ1) is 11.4. The summed E-state index contributed by atoms with van der Waals surface area (Å²) in [4.78, 5) is 0. The average Bonchev–Trinajstić information content (AvgIpc) is 2.17. The van der Waals surface area contributed by atoms with Gasteiger partial charge in [0.15, 0.2) is 0 Å². The Morgan fingerprint density at radius 2 is 1.86 bits per heavy atom. The number of hydrogen-bond donors (Lipinski definition) is 0. The van der Waals surface area contributed by atoms with Gasteiger partial charge in [0.05, 0.1) is 0 Å². The van der Waals surface area contributed by atoms with Crippen molar-refractivity contribution >= 4 is 10.8 Å². The molecular formula is C13H13Re-. The number of benzene rings is 2. The minimum absolute atomic E-state index is 0. The van der Waals surface area contributed by atoms with Crippen molar-refractivity contribution in [1.82, 2.24) is 0 Å². The van der Waals surface area contributed by atoms with E-state index in [1.165, 1.54) is 16.3 Å². The summed E-state index contributed by atoms with van der Waals surface area (Å²) in [6.45, 7) is 4.44. The van der Waals surface area contributed by atoms with Crippen molar-refractivity contribution < 1.29 is 20.4 Å². The normalized spacial score (nSPS) is 10.2. The van der Waals surface area contributed by atoms with Gasteiger partial charge in [0.1, 0.15) is 0 Å². The Hall–Kier alpha value is -0.638. The quantitative estimate of drug-likeness (QED) is 0.684. The van der Waals surface area contributed by atoms with E-state index in [0.29, 0.717) is 5.92 Å². The third kappa shape index (κ3) is 2.24. The Labute approximate surface area is 99.0 Å². The van der Waals surface area contributed by atoms with E-state index >= 15 is 0 Å². The van der Waals surface area contributed by atoms with Crippen LogP contribution in [0, 0.1) is 6.07 Å². The van der Waals surface area contributed by atoms with Crippen LogP contribution in [0.25, 0.3) is 10.8 Å². The van der Waals surface area contributed by atoms with Gasteiger partial charge in [0, 0.05) is 20.4 Å². The summed E-state index contributed by atoms with van der Waals surface area (Å²) in [6, 6.07) is 15.8.